The molecule has 0 saturated heterocycles. The van der Waals surface area contributed by atoms with Crippen molar-refractivity contribution in [3.05, 3.63) is 50.2 Å². The molecular formula is C13H13Cl3N2O. The van der Waals surface area contributed by atoms with Gasteiger partial charge in [0.1, 0.15) is 5.15 Å². The molecule has 0 amide bonds. The average molecular weight is 320 g/mol. The van der Waals surface area contributed by atoms with Crippen molar-refractivity contribution in [1.82, 2.24) is 9.78 Å². The quantitative estimate of drug-likeness (QED) is 0.929. The number of benzene rings is 1. The maximum absolute atomic E-state index is 10.3. The number of aliphatic hydroxyl groups is 1. The minimum atomic E-state index is -0.793. The van der Waals surface area contributed by atoms with Crippen LogP contribution in [0.25, 0.3) is 0 Å². The van der Waals surface area contributed by atoms with Gasteiger partial charge in [0.15, 0.2) is 0 Å². The van der Waals surface area contributed by atoms with Crippen LogP contribution in [0.1, 0.15) is 22.9 Å². The van der Waals surface area contributed by atoms with Gasteiger partial charge >= 0.3 is 0 Å². The molecule has 1 aromatic carbocycles. The summed E-state index contributed by atoms with van der Waals surface area (Å²) < 4.78 is 1.53. The predicted octanol–water partition coefficient (Wildman–Crippen LogP) is 3.96. The Balaban J connectivity index is 2.33. The number of rotatable bonds is 3. The van der Waals surface area contributed by atoms with E-state index in [4.69, 9.17) is 34.8 Å². The van der Waals surface area contributed by atoms with E-state index in [2.05, 4.69) is 5.10 Å². The van der Waals surface area contributed by atoms with Crippen LogP contribution in [-0.2, 0) is 13.5 Å². The van der Waals surface area contributed by atoms with E-state index in [9.17, 15) is 5.11 Å². The highest BCUT2D eigenvalue weighted by molar-refractivity contribution is 6.36. The molecular weight excluding hydrogens is 307 g/mol. The van der Waals surface area contributed by atoms with Crippen LogP contribution in [0.3, 0.4) is 0 Å². The van der Waals surface area contributed by atoms with Crippen molar-refractivity contribution in [2.75, 3.05) is 0 Å². The molecule has 1 aromatic heterocycles. The van der Waals surface area contributed by atoms with Crippen LogP contribution in [0, 0.1) is 6.92 Å². The summed E-state index contributed by atoms with van der Waals surface area (Å²) in [6, 6.07) is 5.25. The van der Waals surface area contributed by atoms with Crippen molar-refractivity contribution in [3.8, 4) is 0 Å². The molecule has 2 aromatic rings. The highest BCUT2D eigenvalue weighted by Crippen LogP contribution is 2.32. The summed E-state index contributed by atoms with van der Waals surface area (Å²) in [5, 5.41) is 16.0. The first kappa shape index (κ1) is 14.7. The lowest BCUT2D eigenvalue weighted by molar-refractivity contribution is 0.178. The number of aliphatic hydroxyl groups excluding tert-OH is 1. The highest BCUT2D eigenvalue weighted by Gasteiger charge is 2.21. The lowest BCUT2D eigenvalue weighted by Crippen LogP contribution is -2.04. The molecule has 19 heavy (non-hydrogen) atoms. The van der Waals surface area contributed by atoms with Crippen LogP contribution in [0.2, 0.25) is 15.2 Å². The van der Waals surface area contributed by atoms with Gasteiger partial charge in [0.05, 0.1) is 11.8 Å². The number of hydrogen-bond donors (Lipinski definition) is 1. The molecule has 0 saturated carbocycles. The van der Waals surface area contributed by atoms with Gasteiger partial charge < -0.3 is 5.11 Å². The minimum Gasteiger partial charge on any atom is -0.388 e. The van der Waals surface area contributed by atoms with Crippen molar-refractivity contribution < 1.29 is 5.11 Å². The maximum atomic E-state index is 10.3. The van der Waals surface area contributed by atoms with Gasteiger partial charge in [0.2, 0.25) is 0 Å². The summed E-state index contributed by atoms with van der Waals surface area (Å²) in [4.78, 5) is 0. The van der Waals surface area contributed by atoms with E-state index in [1.54, 1.807) is 32.2 Å². The van der Waals surface area contributed by atoms with Crippen molar-refractivity contribution in [2.45, 2.75) is 19.4 Å². The Hall–Kier alpha value is -0.740. The zero-order chi connectivity index (χ0) is 14.2. The Kier molecular flexibility index (Phi) is 4.41. The number of nitrogens with zero attached hydrogens (tertiary/aromatic N) is 2. The Morgan fingerprint density at radius 3 is 2.32 bits per heavy atom. The molecule has 0 aliphatic carbocycles. The van der Waals surface area contributed by atoms with Crippen molar-refractivity contribution >= 4 is 34.8 Å². The largest absolute Gasteiger partial charge is 0.388 e. The van der Waals surface area contributed by atoms with Gasteiger partial charge in [-0.3, -0.25) is 4.68 Å². The van der Waals surface area contributed by atoms with E-state index < -0.39 is 6.10 Å². The molecule has 1 heterocycles. The predicted molar refractivity (Wildman–Crippen MR) is 78.1 cm³/mol. The number of aryl methyl sites for hydroxylation is 2. The first-order valence-electron chi connectivity index (χ1n) is 5.71. The molecule has 0 bridgehead atoms. The lowest BCUT2D eigenvalue weighted by Gasteiger charge is -2.13. The summed E-state index contributed by atoms with van der Waals surface area (Å²) in [6.07, 6.45) is -0.497. The monoisotopic (exact) mass is 318 g/mol. The topological polar surface area (TPSA) is 38.0 Å². The zero-order valence-corrected chi connectivity index (χ0v) is 12.8. The standard InChI is InChI=1S/C13H13Cl3N2O/c1-7-12(13(16)18(2)17-7)11(19)6-8-9(14)4-3-5-10(8)15/h3-5,11,19H,6H2,1-2H3. The summed E-state index contributed by atoms with van der Waals surface area (Å²) in [7, 11) is 1.73. The van der Waals surface area contributed by atoms with Gasteiger partial charge in [-0.2, -0.15) is 5.10 Å². The van der Waals surface area contributed by atoms with E-state index in [1.807, 2.05) is 0 Å². The van der Waals surface area contributed by atoms with Gasteiger partial charge in [0, 0.05) is 29.1 Å². The van der Waals surface area contributed by atoms with E-state index in [0.717, 1.165) is 0 Å². The Labute approximate surface area is 126 Å². The van der Waals surface area contributed by atoms with Crippen LogP contribution in [-0.4, -0.2) is 14.9 Å². The highest BCUT2D eigenvalue weighted by atomic mass is 35.5. The van der Waals surface area contributed by atoms with E-state index in [0.29, 0.717) is 38.4 Å². The smallest absolute Gasteiger partial charge is 0.132 e. The molecule has 0 radical (unpaired) electrons. The third kappa shape index (κ3) is 2.90. The van der Waals surface area contributed by atoms with Crippen molar-refractivity contribution in [2.24, 2.45) is 7.05 Å². The number of hydrogen-bond acceptors (Lipinski definition) is 2. The molecule has 3 nitrogen and oxygen atoms in total. The number of aromatic nitrogens is 2. The Morgan fingerprint density at radius 1 is 1.26 bits per heavy atom. The first-order chi connectivity index (χ1) is 8.91. The fourth-order valence-electron chi connectivity index (χ4n) is 2.05. The van der Waals surface area contributed by atoms with Gasteiger partial charge in [-0.25, -0.2) is 0 Å². The van der Waals surface area contributed by atoms with E-state index in [-0.39, 0.29) is 0 Å². The van der Waals surface area contributed by atoms with Crippen molar-refractivity contribution in [3.63, 3.8) is 0 Å². The van der Waals surface area contributed by atoms with Gasteiger partial charge in [-0.15, -0.1) is 0 Å². The van der Waals surface area contributed by atoms with Crippen LogP contribution in [0.15, 0.2) is 18.2 Å². The Morgan fingerprint density at radius 2 is 1.84 bits per heavy atom. The molecule has 0 fully saturated rings. The molecule has 1 N–H and O–H groups in total. The Bertz CT molecular complexity index is 590. The molecule has 6 heteroatoms. The van der Waals surface area contributed by atoms with Crippen LogP contribution in [0.5, 0.6) is 0 Å². The van der Waals surface area contributed by atoms with Crippen LogP contribution >= 0.6 is 34.8 Å². The lowest BCUT2D eigenvalue weighted by atomic mass is 10.0. The van der Waals surface area contributed by atoms with Crippen molar-refractivity contribution in [1.29, 1.82) is 0 Å². The van der Waals surface area contributed by atoms with E-state index >= 15 is 0 Å². The zero-order valence-electron chi connectivity index (χ0n) is 10.5. The second kappa shape index (κ2) is 5.71. The molecule has 2 rings (SSSR count). The van der Waals surface area contributed by atoms with Gasteiger partial charge in [-0.05, 0) is 24.6 Å². The molecule has 1 unspecified atom stereocenters. The van der Waals surface area contributed by atoms with E-state index in [1.165, 1.54) is 4.68 Å². The maximum Gasteiger partial charge on any atom is 0.132 e. The third-order valence-electron chi connectivity index (χ3n) is 2.99. The number of halogens is 3. The van der Waals surface area contributed by atoms with Crippen LogP contribution in [0.4, 0.5) is 0 Å². The molecule has 102 valence electrons. The fraction of sp³-hybridized carbons (Fsp3) is 0.308. The second-order valence-electron chi connectivity index (χ2n) is 4.33. The molecule has 0 aliphatic rings. The van der Waals surface area contributed by atoms with Crippen LogP contribution < -0.4 is 0 Å². The molecule has 1 atom stereocenters. The summed E-state index contributed by atoms with van der Waals surface area (Å²) in [6.45, 7) is 1.80. The third-order valence-corrected chi connectivity index (χ3v) is 4.14. The average Bonchev–Trinajstić information content (AvgIpc) is 2.58. The first-order valence-corrected chi connectivity index (χ1v) is 6.85. The summed E-state index contributed by atoms with van der Waals surface area (Å²) >= 11 is 18.3. The summed E-state index contributed by atoms with van der Waals surface area (Å²) in [5.74, 6) is 0. The molecule has 0 spiro atoms. The molecule has 0 aliphatic heterocycles. The normalized spacial score (nSPS) is 12.7. The minimum absolute atomic E-state index is 0.296. The summed E-state index contributed by atoms with van der Waals surface area (Å²) in [5.41, 5.74) is 2.01. The second-order valence-corrected chi connectivity index (χ2v) is 5.51. The van der Waals surface area contributed by atoms with Gasteiger partial charge in [-0.1, -0.05) is 40.9 Å². The van der Waals surface area contributed by atoms with Gasteiger partial charge in [0.25, 0.3) is 0 Å². The SMILES string of the molecule is Cc1nn(C)c(Cl)c1C(O)Cc1c(Cl)cccc1Cl. The fourth-order valence-corrected chi connectivity index (χ4v) is 2.90.